The van der Waals surface area contributed by atoms with Gasteiger partial charge in [-0.25, -0.2) is 4.98 Å². The van der Waals surface area contributed by atoms with Crippen molar-refractivity contribution in [3.63, 3.8) is 0 Å². The molecule has 0 unspecified atom stereocenters. The van der Waals surface area contributed by atoms with Gasteiger partial charge in [0.2, 0.25) is 5.91 Å². The summed E-state index contributed by atoms with van der Waals surface area (Å²) < 4.78 is 6.43. The second-order valence-electron chi connectivity index (χ2n) is 5.06. The fourth-order valence-electron chi connectivity index (χ4n) is 2.18. The van der Waals surface area contributed by atoms with E-state index in [2.05, 4.69) is 21.2 Å². The number of methoxy groups -OCH3 is 1. The van der Waals surface area contributed by atoms with Crippen molar-refractivity contribution in [3.8, 4) is 26.9 Å². The first-order valence-corrected chi connectivity index (χ1v) is 9.68. The summed E-state index contributed by atoms with van der Waals surface area (Å²) in [5, 5.41) is 5.77. The van der Waals surface area contributed by atoms with E-state index in [9.17, 15) is 4.79 Å². The van der Waals surface area contributed by atoms with Gasteiger partial charge < -0.3 is 10.1 Å². The van der Waals surface area contributed by atoms with Crippen molar-refractivity contribution in [2.45, 2.75) is 13.5 Å². The highest BCUT2D eigenvalue weighted by Gasteiger charge is 2.13. The minimum atomic E-state index is -0.0253. The molecule has 1 N–H and O–H groups in total. The fraction of sp³-hybridized carbons (Fsp3) is 0.176. The SMILES string of the molecule is COc1ccc(Br)cc1-c1nc(-c2ccc(CNC(C)=O)s2)cs1. The molecule has 3 rings (SSSR count). The van der Waals surface area contributed by atoms with Gasteiger partial charge in [-0.3, -0.25) is 4.79 Å². The quantitative estimate of drug-likeness (QED) is 0.632. The van der Waals surface area contributed by atoms with Gasteiger partial charge >= 0.3 is 0 Å². The highest BCUT2D eigenvalue weighted by Crippen LogP contribution is 2.37. The minimum Gasteiger partial charge on any atom is -0.496 e. The van der Waals surface area contributed by atoms with E-state index in [1.54, 1.807) is 29.8 Å². The van der Waals surface area contributed by atoms with Gasteiger partial charge in [0, 0.05) is 21.7 Å². The molecule has 1 aromatic carbocycles. The molecular weight excluding hydrogens is 408 g/mol. The highest BCUT2D eigenvalue weighted by molar-refractivity contribution is 9.10. The molecule has 0 fully saturated rings. The van der Waals surface area contributed by atoms with Gasteiger partial charge in [0.25, 0.3) is 0 Å². The van der Waals surface area contributed by atoms with Crippen molar-refractivity contribution in [3.05, 3.63) is 45.1 Å². The number of aromatic nitrogens is 1. The summed E-state index contributed by atoms with van der Waals surface area (Å²) in [5.74, 6) is 0.777. The number of amides is 1. The number of nitrogens with one attached hydrogen (secondary N) is 1. The third-order valence-electron chi connectivity index (χ3n) is 3.32. The average Bonchev–Trinajstić information content (AvgIpc) is 3.22. The number of thiophene rings is 1. The van der Waals surface area contributed by atoms with Crippen molar-refractivity contribution in [2.75, 3.05) is 7.11 Å². The van der Waals surface area contributed by atoms with Crippen LogP contribution in [0.25, 0.3) is 21.1 Å². The minimum absolute atomic E-state index is 0.0253. The second kappa shape index (κ2) is 7.46. The summed E-state index contributed by atoms with van der Waals surface area (Å²) in [7, 11) is 1.66. The molecule has 24 heavy (non-hydrogen) atoms. The molecular formula is C17H15BrN2O2S2. The van der Waals surface area contributed by atoms with Crippen LogP contribution < -0.4 is 10.1 Å². The fourth-order valence-corrected chi connectivity index (χ4v) is 4.36. The third-order valence-corrected chi connectivity index (χ3v) is 5.80. The van der Waals surface area contributed by atoms with Crippen LogP contribution >= 0.6 is 38.6 Å². The molecule has 0 bridgehead atoms. The third kappa shape index (κ3) is 3.85. The zero-order chi connectivity index (χ0) is 17.1. The van der Waals surface area contributed by atoms with Crippen molar-refractivity contribution in [1.82, 2.24) is 10.3 Å². The lowest BCUT2D eigenvalue weighted by molar-refractivity contribution is -0.119. The van der Waals surface area contributed by atoms with Crippen LogP contribution in [0.1, 0.15) is 11.8 Å². The zero-order valence-corrected chi connectivity index (χ0v) is 16.3. The normalized spacial score (nSPS) is 10.6. The maximum Gasteiger partial charge on any atom is 0.217 e. The van der Waals surface area contributed by atoms with Crippen molar-refractivity contribution >= 4 is 44.5 Å². The maximum atomic E-state index is 11.0. The van der Waals surface area contributed by atoms with E-state index in [1.807, 2.05) is 35.7 Å². The number of carbonyl (C=O) groups excluding carboxylic acids is 1. The van der Waals surface area contributed by atoms with Gasteiger partial charge in [-0.05, 0) is 30.3 Å². The van der Waals surface area contributed by atoms with Gasteiger partial charge in [-0.1, -0.05) is 15.9 Å². The number of carbonyl (C=O) groups is 1. The summed E-state index contributed by atoms with van der Waals surface area (Å²) in [5.41, 5.74) is 1.91. The Kier molecular flexibility index (Phi) is 5.33. The highest BCUT2D eigenvalue weighted by atomic mass is 79.9. The Morgan fingerprint density at radius 3 is 2.92 bits per heavy atom. The van der Waals surface area contributed by atoms with Gasteiger partial charge in [0.15, 0.2) is 0 Å². The number of ether oxygens (including phenoxy) is 1. The van der Waals surface area contributed by atoms with Crippen LogP contribution in [0, 0.1) is 0 Å². The molecule has 7 heteroatoms. The maximum absolute atomic E-state index is 11.0. The van der Waals surface area contributed by atoms with E-state index in [4.69, 9.17) is 9.72 Å². The molecule has 0 saturated carbocycles. The molecule has 0 saturated heterocycles. The van der Waals surface area contributed by atoms with Crippen LogP contribution in [0.15, 0.2) is 40.2 Å². The number of halogens is 1. The number of hydrogen-bond acceptors (Lipinski definition) is 5. The standard InChI is InChI=1S/C17H15BrN2O2S2/c1-10(21)19-8-12-4-6-16(24-12)14-9-23-17(20-14)13-7-11(18)3-5-15(13)22-2/h3-7,9H,8H2,1-2H3,(H,19,21). The number of hydrogen-bond donors (Lipinski definition) is 1. The lowest BCUT2D eigenvalue weighted by atomic mass is 10.2. The number of nitrogens with zero attached hydrogens (tertiary/aromatic N) is 1. The van der Waals surface area contributed by atoms with E-state index in [0.717, 1.165) is 36.2 Å². The molecule has 2 aromatic heterocycles. The van der Waals surface area contributed by atoms with Crippen LogP contribution in [0.2, 0.25) is 0 Å². The van der Waals surface area contributed by atoms with Gasteiger partial charge in [0.1, 0.15) is 10.8 Å². The molecule has 4 nitrogen and oxygen atoms in total. The molecule has 0 atom stereocenters. The van der Waals surface area contributed by atoms with E-state index < -0.39 is 0 Å². The Morgan fingerprint density at radius 1 is 1.33 bits per heavy atom. The van der Waals surface area contributed by atoms with Crippen LogP contribution in [0.4, 0.5) is 0 Å². The second-order valence-corrected chi connectivity index (χ2v) is 8.00. The number of benzene rings is 1. The molecule has 0 aliphatic carbocycles. The Bertz CT molecular complexity index is 873. The van der Waals surface area contributed by atoms with Gasteiger partial charge in [0.05, 0.1) is 29.8 Å². The average molecular weight is 423 g/mol. The molecule has 0 aliphatic heterocycles. The van der Waals surface area contributed by atoms with Crippen LogP contribution in [0.3, 0.4) is 0 Å². The lowest BCUT2D eigenvalue weighted by Crippen LogP contribution is -2.17. The predicted octanol–water partition coefficient (Wildman–Crippen LogP) is 4.95. The molecule has 124 valence electrons. The van der Waals surface area contributed by atoms with Crippen molar-refractivity contribution < 1.29 is 9.53 Å². The van der Waals surface area contributed by atoms with E-state index >= 15 is 0 Å². The van der Waals surface area contributed by atoms with E-state index in [0.29, 0.717) is 6.54 Å². The molecule has 3 aromatic rings. The first-order chi connectivity index (χ1) is 11.6. The topological polar surface area (TPSA) is 51.2 Å². The van der Waals surface area contributed by atoms with E-state index in [1.165, 1.54) is 6.92 Å². The smallest absolute Gasteiger partial charge is 0.217 e. The molecule has 0 spiro atoms. The van der Waals surface area contributed by atoms with Crippen LogP contribution in [-0.4, -0.2) is 18.0 Å². The Hall–Kier alpha value is -1.70. The Labute approximate surface area is 156 Å². The molecule has 0 radical (unpaired) electrons. The molecule has 1 amide bonds. The van der Waals surface area contributed by atoms with Crippen LogP contribution in [-0.2, 0) is 11.3 Å². The number of thiazole rings is 1. The predicted molar refractivity (Wildman–Crippen MR) is 103 cm³/mol. The van der Waals surface area contributed by atoms with Crippen molar-refractivity contribution in [1.29, 1.82) is 0 Å². The summed E-state index contributed by atoms with van der Waals surface area (Å²) in [6.07, 6.45) is 0. The van der Waals surface area contributed by atoms with E-state index in [-0.39, 0.29) is 5.91 Å². The first kappa shape index (κ1) is 17.1. The zero-order valence-electron chi connectivity index (χ0n) is 13.1. The Balaban J connectivity index is 1.86. The van der Waals surface area contributed by atoms with Gasteiger partial charge in [-0.2, -0.15) is 0 Å². The summed E-state index contributed by atoms with van der Waals surface area (Å²) in [6, 6.07) is 9.95. The summed E-state index contributed by atoms with van der Waals surface area (Å²) in [6.45, 7) is 2.07. The van der Waals surface area contributed by atoms with Crippen LogP contribution in [0.5, 0.6) is 5.75 Å². The monoisotopic (exact) mass is 422 g/mol. The Morgan fingerprint density at radius 2 is 2.17 bits per heavy atom. The van der Waals surface area contributed by atoms with Crippen molar-refractivity contribution in [2.24, 2.45) is 0 Å². The molecule has 0 aliphatic rings. The summed E-state index contributed by atoms with van der Waals surface area (Å²) in [4.78, 5) is 18.0. The summed E-state index contributed by atoms with van der Waals surface area (Å²) >= 11 is 6.72. The largest absolute Gasteiger partial charge is 0.496 e. The molecule has 2 heterocycles. The lowest BCUT2D eigenvalue weighted by Gasteiger charge is -2.06. The van der Waals surface area contributed by atoms with Gasteiger partial charge in [-0.15, -0.1) is 22.7 Å². The first-order valence-electron chi connectivity index (χ1n) is 7.20. The number of rotatable bonds is 5.